The third-order valence-electron chi connectivity index (χ3n) is 17.4. The summed E-state index contributed by atoms with van der Waals surface area (Å²) in [5, 5.41) is 33.0. The summed E-state index contributed by atoms with van der Waals surface area (Å²) >= 11 is 0. The SMILES string of the molecule is C/C=C(\C)C(=O)O.CC(C)(F)F.COCCNc1cc(C(=O)O)ccc1C1CCCCN1Cc1c(OC)cc(C)c2[nH]ccc12.COc1cc(C)c2[nH]ccc2c1CN1CCC2(C[C@@H]1c1ccc(C(=O)O)cc1N1CCC1)CC(F)(F)C2.Cc1cc[nH]c1C. The van der Waals surface area contributed by atoms with Crippen LogP contribution in [0.2, 0.25) is 0 Å². The number of aliphatic carboxylic acids is 1. The maximum absolute atomic E-state index is 14.1. The molecule has 0 amide bonds. The minimum atomic E-state index is -2.59. The van der Waals surface area contributed by atoms with E-state index in [1.165, 1.54) is 27.8 Å². The van der Waals surface area contributed by atoms with Crippen molar-refractivity contribution in [3.8, 4) is 11.5 Å². The van der Waals surface area contributed by atoms with Crippen LogP contribution in [0.25, 0.3) is 21.8 Å². The van der Waals surface area contributed by atoms with Crippen molar-refractivity contribution < 1.29 is 61.5 Å². The number of anilines is 2. The Balaban J connectivity index is 0.000000197. The Morgan fingerprint density at radius 2 is 1.24 bits per heavy atom. The third-order valence-corrected chi connectivity index (χ3v) is 17.4. The highest BCUT2D eigenvalue weighted by Crippen LogP contribution is 2.61. The number of likely N-dealkylation sites (tertiary alicyclic amines) is 2. The molecule has 3 saturated heterocycles. The van der Waals surface area contributed by atoms with Crippen LogP contribution in [-0.4, -0.2) is 130 Å². The number of hydrogen-bond acceptors (Lipinski definition) is 10. The first-order chi connectivity index (χ1) is 42.2. The number of nitrogens with one attached hydrogen (secondary N) is 4. The van der Waals surface area contributed by atoms with Gasteiger partial charge in [0.15, 0.2) is 0 Å². The minimum absolute atomic E-state index is 0.0630. The summed E-state index contributed by atoms with van der Waals surface area (Å²) in [7, 11) is 5.07. The number of benzene rings is 4. The number of carboxylic acid groups (broad SMARTS) is 3. The van der Waals surface area contributed by atoms with E-state index >= 15 is 0 Å². The van der Waals surface area contributed by atoms with E-state index in [2.05, 4.69) is 86.9 Å². The maximum Gasteiger partial charge on any atom is 0.335 e. The second-order valence-corrected chi connectivity index (χ2v) is 24.2. The third kappa shape index (κ3) is 17.5. The average molecular weight is 1240 g/mol. The number of rotatable bonds is 16. The Hall–Kier alpha value is -7.81. The van der Waals surface area contributed by atoms with Gasteiger partial charge in [-0.2, -0.15) is 0 Å². The number of aromatic carboxylic acids is 2. The molecular weight excluding hydrogens is 1150 g/mol. The molecule has 482 valence electrons. The largest absolute Gasteiger partial charge is 0.496 e. The summed E-state index contributed by atoms with van der Waals surface area (Å²) < 4.78 is 67.1. The van der Waals surface area contributed by atoms with Crippen molar-refractivity contribution >= 4 is 51.1 Å². The van der Waals surface area contributed by atoms with Crippen LogP contribution in [0.1, 0.15) is 156 Å². The normalized spacial score (nSPS) is 17.9. The van der Waals surface area contributed by atoms with Crippen LogP contribution in [0.15, 0.2) is 97.0 Å². The fraction of sp³-hybridized carbons (Fsp3) is 0.464. The smallest absolute Gasteiger partial charge is 0.335 e. The number of carboxylic acids is 3. The second kappa shape index (κ2) is 30.1. The number of hydrogen-bond donors (Lipinski definition) is 7. The molecule has 4 fully saturated rings. The molecule has 11 rings (SSSR count). The van der Waals surface area contributed by atoms with Gasteiger partial charge in [-0.05, 0) is 188 Å². The number of ether oxygens (including phenoxy) is 3. The fourth-order valence-electron chi connectivity index (χ4n) is 12.4. The fourth-order valence-corrected chi connectivity index (χ4v) is 12.4. The quantitative estimate of drug-likeness (QED) is 0.0273. The zero-order valence-corrected chi connectivity index (χ0v) is 53.3. The highest BCUT2D eigenvalue weighted by atomic mass is 19.3. The van der Waals surface area contributed by atoms with Crippen molar-refractivity contribution in [2.45, 2.75) is 144 Å². The van der Waals surface area contributed by atoms with Gasteiger partial charge in [-0.15, -0.1) is 0 Å². The maximum atomic E-state index is 14.1. The van der Waals surface area contributed by atoms with Crippen molar-refractivity contribution in [1.82, 2.24) is 24.8 Å². The number of allylic oxidation sites excluding steroid dienone is 1. The van der Waals surface area contributed by atoms with Crippen molar-refractivity contribution in [3.63, 3.8) is 0 Å². The zero-order chi connectivity index (χ0) is 65.0. The Bertz CT molecular complexity index is 3550. The number of halogens is 4. The van der Waals surface area contributed by atoms with Gasteiger partial charge in [-0.1, -0.05) is 24.6 Å². The van der Waals surface area contributed by atoms with Gasteiger partial charge in [0, 0.05) is 139 Å². The number of aromatic amines is 3. The monoisotopic (exact) mass is 1240 g/mol. The molecule has 0 bridgehead atoms. The molecule has 1 spiro atoms. The van der Waals surface area contributed by atoms with Gasteiger partial charge in [-0.25, -0.2) is 31.9 Å². The highest BCUT2D eigenvalue weighted by Gasteiger charge is 2.58. The minimum Gasteiger partial charge on any atom is -0.496 e. The molecule has 2 atom stereocenters. The first-order valence-electron chi connectivity index (χ1n) is 30.4. The van der Waals surface area contributed by atoms with Crippen LogP contribution in [0, 0.1) is 33.1 Å². The van der Waals surface area contributed by atoms with Gasteiger partial charge in [-0.3, -0.25) is 9.80 Å². The Labute approximate surface area is 519 Å². The van der Waals surface area contributed by atoms with Crippen LogP contribution in [0.4, 0.5) is 28.9 Å². The lowest BCUT2D eigenvalue weighted by Gasteiger charge is -2.55. The molecule has 1 unspecified atom stereocenters. The Kier molecular flexibility index (Phi) is 23.2. The summed E-state index contributed by atoms with van der Waals surface area (Å²) in [6, 6.07) is 21.3. The van der Waals surface area contributed by atoms with Gasteiger partial charge in [0.2, 0.25) is 11.8 Å². The number of nitrogens with zero attached hydrogens (tertiary/aromatic N) is 3. The molecule has 0 radical (unpaired) electrons. The number of alkyl halides is 4. The van der Waals surface area contributed by atoms with Crippen LogP contribution in [-0.2, 0) is 22.6 Å². The number of methoxy groups -OCH3 is 3. The number of piperidine rings is 2. The Morgan fingerprint density at radius 3 is 1.67 bits per heavy atom. The topological polar surface area (TPSA) is 209 Å². The number of aryl methyl sites for hydroxylation is 4. The molecule has 7 aromatic rings. The lowest BCUT2D eigenvalue weighted by molar-refractivity contribution is -0.186. The van der Waals surface area contributed by atoms with Crippen LogP contribution in [0.3, 0.4) is 0 Å². The zero-order valence-electron chi connectivity index (χ0n) is 53.3. The first kappa shape index (κ1) is 68.7. The summed E-state index contributed by atoms with van der Waals surface area (Å²) in [5.41, 5.74) is 13.9. The van der Waals surface area contributed by atoms with E-state index in [0.717, 1.165) is 134 Å². The predicted molar refractivity (Wildman–Crippen MR) is 343 cm³/mol. The van der Waals surface area contributed by atoms with Crippen molar-refractivity contribution in [1.29, 1.82) is 0 Å². The van der Waals surface area contributed by atoms with Crippen LogP contribution >= 0.6 is 0 Å². The van der Waals surface area contributed by atoms with E-state index in [1.807, 2.05) is 36.8 Å². The second-order valence-electron chi connectivity index (χ2n) is 24.2. The standard InChI is InChI=1S/C29H33F2N3O3.C26H33N3O4.C6H9N.C5H8O2.C3H6F2/c1-18-12-25(37-2)22(20-6-8-32-26(18)20)15-34-11-7-28(16-29(30,31)17-28)14-24(34)21-5-4-19(27(35)36)13-23(21)33-9-3-10-33;1-17-14-24(33-3)21(19-9-10-28-25(17)19)16-29-12-5-4-6-23(29)20-8-7-18(26(30)31)15-22(20)27-11-13-32-2;1-5-3-4-7-6(5)2;1-3-4(2)5(6)7;1-3(2,4)5/h4-6,8,12-13,24,32H,3,7,9-11,14-17H2,1-2H3,(H,35,36);7-10,14-15,23,27-28H,4-6,11-13,16H2,1-3H3,(H,30,31);3-4,7H,1-2H3;3H,1-2H3,(H,6,7);1-2H3/b;;;4-3+;/t24-;;;;/m1..../s1. The molecule has 16 nitrogen and oxygen atoms in total. The Morgan fingerprint density at radius 1 is 0.697 bits per heavy atom. The first-order valence-corrected chi connectivity index (χ1v) is 30.4. The molecule has 3 aromatic heterocycles. The van der Waals surface area contributed by atoms with E-state index in [4.69, 9.17) is 19.3 Å². The van der Waals surface area contributed by atoms with E-state index in [1.54, 1.807) is 65.5 Å². The molecule has 3 aliphatic heterocycles. The molecule has 1 aliphatic carbocycles. The summed E-state index contributed by atoms with van der Waals surface area (Å²) in [6.07, 6.45) is 13.0. The van der Waals surface area contributed by atoms with E-state index in [-0.39, 0.29) is 41.5 Å². The molecule has 7 N–H and O–H groups in total. The van der Waals surface area contributed by atoms with Crippen LogP contribution < -0.4 is 19.7 Å². The molecule has 4 aromatic carbocycles. The summed E-state index contributed by atoms with van der Waals surface area (Å²) in [4.78, 5) is 50.1. The molecular formula is C69H89F4N7O9. The van der Waals surface area contributed by atoms with Gasteiger partial charge in [0.05, 0.1) is 32.0 Å². The summed E-state index contributed by atoms with van der Waals surface area (Å²) in [5.74, 6) is -6.08. The molecule has 89 heavy (non-hydrogen) atoms. The lowest BCUT2D eigenvalue weighted by atomic mass is 9.58. The van der Waals surface area contributed by atoms with Gasteiger partial charge in [0.25, 0.3) is 0 Å². The van der Waals surface area contributed by atoms with Crippen molar-refractivity contribution in [2.75, 3.05) is 70.9 Å². The van der Waals surface area contributed by atoms with Gasteiger partial charge >= 0.3 is 17.9 Å². The van der Waals surface area contributed by atoms with E-state index in [9.17, 15) is 42.2 Å². The number of carbonyl (C=O) groups is 3. The highest BCUT2D eigenvalue weighted by molar-refractivity contribution is 5.91. The van der Waals surface area contributed by atoms with Crippen molar-refractivity contribution in [3.05, 3.63) is 153 Å². The summed E-state index contributed by atoms with van der Waals surface area (Å²) in [6.45, 7) is 19.3. The van der Waals surface area contributed by atoms with Crippen molar-refractivity contribution in [2.24, 2.45) is 5.41 Å². The average Bonchev–Trinajstić information content (AvgIpc) is 0.991. The van der Waals surface area contributed by atoms with Gasteiger partial charge < -0.3 is 54.7 Å². The number of aromatic nitrogens is 3. The molecule has 6 heterocycles. The van der Waals surface area contributed by atoms with E-state index in [0.29, 0.717) is 38.2 Å². The number of H-pyrrole nitrogens is 3. The molecule has 20 heteroatoms. The van der Waals surface area contributed by atoms with E-state index < -0.39 is 29.8 Å². The predicted octanol–water partition coefficient (Wildman–Crippen LogP) is 15.4. The molecule has 4 aliphatic rings. The van der Waals surface area contributed by atoms with Crippen LogP contribution in [0.5, 0.6) is 11.5 Å². The molecule has 1 saturated carbocycles. The van der Waals surface area contributed by atoms with Gasteiger partial charge in [0.1, 0.15) is 11.5 Å². The number of fused-ring (bicyclic) bond motifs is 2. The lowest BCUT2D eigenvalue weighted by Crippen LogP contribution is -2.53.